The molecule has 1 aromatic heterocycles. The summed E-state index contributed by atoms with van der Waals surface area (Å²) in [7, 11) is 0. The van der Waals surface area contributed by atoms with Crippen molar-refractivity contribution < 1.29 is 9.59 Å². The number of carbonyl (C=O) groups is 2. The van der Waals surface area contributed by atoms with Gasteiger partial charge in [0.05, 0.1) is 0 Å². The number of aromatic amines is 1. The molecule has 0 aliphatic rings. The second-order valence-corrected chi connectivity index (χ2v) is 3.65. The summed E-state index contributed by atoms with van der Waals surface area (Å²) < 4.78 is 0. The maximum atomic E-state index is 11.8. The van der Waals surface area contributed by atoms with E-state index in [1.54, 1.807) is 36.7 Å². The molecule has 0 radical (unpaired) electrons. The summed E-state index contributed by atoms with van der Waals surface area (Å²) in [6.07, 6.45) is 3.17. The highest BCUT2D eigenvalue weighted by molar-refractivity contribution is 6.03. The molecule has 0 atom stereocenters. The molecule has 6 nitrogen and oxygen atoms in total. The van der Waals surface area contributed by atoms with E-state index in [2.05, 4.69) is 20.6 Å². The highest BCUT2D eigenvalue weighted by Gasteiger charge is 2.07. The van der Waals surface area contributed by atoms with Crippen LogP contribution in [0.2, 0.25) is 0 Å². The van der Waals surface area contributed by atoms with Crippen LogP contribution in [0.25, 0.3) is 0 Å². The zero-order valence-electron chi connectivity index (χ0n) is 9.73. The van der Waals surface area contributed by atoms with Gasteiger partial charge < -0.3 is 10.3 Å². The highest BCUT2D eigenvalue weighted by Crippen LogP contribution is 2.10. The Hall–Kier alpha value is -2.63. The van der Waals surface area contributed by atoms with Gasteiger partial charge in [-0.25, -0.2) is 4.98 Å². The molecule has 1 heterocycles. The number of hydrogen-bond donors (Lipinski definition) is 3. The standard InChI is InChI=1S/C12H12N4O2/c1-8(17)15-10-4-2-9(3-5-10)11(18)16-12-13-6-7-14-12/h2-7H,1H3,(H,15,17)(H2,13,14,16,18). The number of rotatable bonds is 3. The molecule has 0 fully saturated rings. The van der Waals surface area contributed by atoms with Crippen LogP contribution in [0.1, 0.15) is 17.3 Å². The number of aromatic nitrogens is 2. The second kappa shape index (κ2) is 5.13. The number of H-pyrrole nitrogens is 1. The van der Waals surface area contributed by atoms with E-state index >= 15 is 0 Å². The van der Waals surface area contributed by atoms with E-state index < -0.39 is 0 Å². The van der Waals surface area contributed by atoms with Crippen molar-refractivity contribution in [3.05, 3.63) is 42.2 Å². The van der Waals surface area contributed by atoms with Crippen molar-refractivity contribution in [2.24, 2.45) is 0 Å². The number of anilines is 2. The monoisotopic (exact) mass is 244 g/mol. The lowest BCUT2D eigenvalue weighted by Gasteiger charge is -2.04. The van der Waals surface area contributed by atoms with Crippen LogP contribution in [0.4, 0.5) is 11.6 Å². The van der Waals surface area contributed by atoms with Crippen LogP contribution in [0, 0.1) is 0 Å². The number of amides is 2. The van der Waals surface area contributed by atoms with Crippen molar-refractivity contribution in [2.45, 2.75) is 6.92 Å². The lowest BCUT2D eigenvalue weighted by Crippen LogP contribution is -2.13. The predicted molar refractivity (Wildman–Crippen MR) is 67.3 cm³/mol. The molecule has 3 N–H and O–H groups in total. The van der Waals surface area contributed by atoms with Gasteiger partial charge in [-0.05, 0) is 24.3 Å². The molecule has 0 bridgehead atoms. The molecule has 0 unspecified atom stereocenters. The quantitative estimate of drug-likeness (QED) is 0.766. The SMILES string of the molecule is CC(=O)Nc1ccc(C(=O)Nc2ncc[nH]2)cc1. The summed E-state index contributed by atoms with van der Waals surface area (Å²) in [5.74, 6) is -0.0203. The van der Waals surface area contributed by atoms with Crippen molar-refractivity contribution >= 4 is 23.5 Å². The maximum Gasteiger partial charge on any atom is 0.257 e. The molecule has 92 valence electrons. The van der Waals surface area contributed by atoms with Crippen molar-refractivity contribution in [3.63, 3.8) is 0 Å². The van der Waals surface area contributed by atoms with Crippen molar-refractivity contribution in [2.75, 3.05) is 10.6 Å². The third-order valence-electron chi connectivity index (χ3n) is 2.20. The largest absolute Gasteiger partial charge is 0.331 e. The smallest absolute Gasteiger partial charge is 0.257 e. The van der Waals surface area contributed by atoms with E-state index in [4.69, 9.17) is 0 Å². The molecule has 0 saturated carbocycles. The zero-order valence-corrected chi connectivity index (χ0v) is 9.73. The average Bonchev–Trinajstić information content (AvgIpc) is 2.82. The molecule has 6 heteroatoms. The Morgan fingerprint density at radius 1 is 1.17 bits per heavy atom. The number of nitrogens with one attached hydrogen (secondary N) is 3. The molecule has 2 amide bonds. The summed E-state index contributed by atoms with van der Waals surface area (Å²) in [5, 5.41) is 5.23. The molecule has 18 heavy (non-hydrogen) atoms. The third-order valence-corrected chi connectivity index (χ3v) is 2.20. The van der Waals surface area contributed by atoms with Crippen LogP contribution < -0.4 is 10.6 Å². The number of imidazole rings is 1. The van der Waals surface area contributed by atoms with Gasteiger partial charge in [-0.15, -0.1) is 0 Å². The van der Waals surface area contributed by atoms with E-state index in [0.29, 0.717) is 17.2 Å². The summed E-state index contributed by atoms with van der Waals surface area (Å²) in [4.78, 5) is 29.3. The maximum absolute atomic E-state index is 11.8. The van der Waals surface area contributed by atoms with E-state index in [1.165, 1.54) is 6.92 Å². The van der Waals surface area contributed by atoms with Crippen LogP contribution in [0.3, 0.4) is 0 Å². The van der Waals surface area contributed by atoms with E-state index in [-0.39, 0.29) is 11.8 Å². The first-order valence-electron chi connectivity index (χ1n) is 5.33. The molecule has 1 aromatic carbocycles. The first-order valence-corrected chi connectivity index (χ1v) is 5.33. The fourth-order valence-electron chi connectivity index (χ4n) is 1.42. The summed E-state index contributed by atoms with van der Waals surface area (Å²) in [5.41, 5.74) is 1.14. The van der Waals surface area contributed by atoms with E-state index in [1.807, 2.05) is 0 Å². The first-order chi connectivity index (χ1) is 8.65. The minimum absolute atomic E-state index is 0.150. The molecular weight excluding hydrogens is 232 g/mol. The van der Waals surface area contributed by atoms with Crippen LogP contribution in [-0.2, 0) is 4.79 Å². The Bertz CT molecular complexity index is 546. The Morgan fingerprint density at radius 2 is 1.89 bits per heavy atom. The van der Waals surface area contributed by atoms with Gasteiger partial charge in [-0.3, -0.25) is 14.9 Å². The summed E-state index contributed by atoms with van der Waals surface area (Å²) >= 11 is 0. The molecule has 0 aliphatic carbocycles. The molecular formula is C12H12N4O2. The van der Waals surface area contributed by atoms with Crippen LogP contribution in [-0.4, -0.2) is 21.8 Å². The van der Waals surface area contributed by atoms with Crippen LogP contribution in [0.5, 0.6) is 0 Å². The number of carbonyl (C=O) groups excluding carboxylic acids is 2. The molecule has 0 aliphatic heterocycles. The van der Waals surface area contributed by atoms with Crippen molar-refractivity contribution in [1.29, 1.82) is 0 Å². The minimum Gasteiger partial charge on any atom is -0.331 e. The van der Waals surface area contributed by atoms with Crippen LogP contribution in [0.15, 0.2) is 36.7 Å². The highest BCUT2D eigenvalue weighted by atomic mass is 16.2. The van der Waals surface area contributed by atoms with Gasteiger partial charge in [-0.2, -0.15) is 0 Å². The number of nitrogens with zero attached hydrogens (tertiary/aromatic N) is 1. The lowest BCUT2D eigenvalue weighted by atomic mass is 10.2. The summed E-state index contributed by atoms with van der Waals surface area (Å²) in [6.45, 7) is 1.43. The first kappa shape index (κ1) is 11.8. The Morgan fingerprint density at radius 3 is 2.44 bits per heavy atom. The van der Waals surface area contributed by atoms with Gasteiger partial charge in [0.1, 0.15) is 0 Å². The fraction of sp³-hybridized carbons (Fsp3) is 0.0833. The molecule has 0 spiro atoms. The topological polar surface area (TPSA) is 86.9 Å². The van der Waals surface area contributed by atoms with Gasteiger partial charge in [-0.1, -0.05) is 0 Å². The summed E-state index contributed by atoms with van der Waals surface area (Å²) in [6, 6.07) is 6.59. The van der Waals surface area contributed by atoms with Gasteiger partial charge in [0.25, 0.3) is 5.91 Å². The molecule has 2 aromatic rings. The zero-order chi connectivity index (χ0) is 13.0. The van der Waals surface area contributed by atoms with Crippen LogP contribution >= 0.6 is 0 Å². The Balaban J connectivity index is 2.05. The third kappa shape index (κ3) is 2.94. The average molecular weight is 244 g/mol. The van der Waals surface area contributed by atoms with Gasteiger partial charge in [0, 0.05) is 30.6 Å². The number of benzene rings is 1. The van der Waals surface area contributed by atoms with E-state index in [9.17, 15) is 9.59 Å². The fourth-order valence-corrected chi connectivity index (χ4v) is 1.42. The van der Waals surface area contributed by atoms with Gasteiger partial charge >= 0.3 is 0 Å². The molecule has 0 saturated heterocycles. The van der Waals surface area contributed by atoms with E-state index in [0.717, 1.165) is 0 Å². The Labute approximate surface area is 103 Å². The predicted octanol–water partition coefficient (Wildman–Crippen LogP) is 1.62. The minimum atomic E-state index is -0.265. The van der Waals surface area contributed by atoms with Gasteiger partial charge in [0.2, 0.25) is 11.9 Å². The van der Waals surface area contributed by atoms with Crippen molar-refractivity contribution in [3.8, 4) is 0 Å². The normalized spacial score (nSPS) is 9.83. The number of hydrogen-bond acceptors (Lipinski definition) is 3. The van der Waals surface area contributed by atoms with Gasteiger partial charge in [0.15, 0.2) is 0 Å². The Kier molecular flexibility index (Phi) is 3.38. The lowest BCUT2D eigenvalue weighted by molar-refractivity contribution is -0.114. The van der Waals surface area contributed by atoms with Crippen molar-refractivity contribution in [1.82, 2.24) is 9.97 Å². The molecule has 2 rings (SSSR count). The second-order valence-electron chi connectivity index (χ2n) is 3.65.